The second-order valence-corrected chi connectivity index (χ2v) is 2.86. The first-order chi connectivity index (χ1) is 6.83. The zero-order chi connectivity index (χ0) is 10.2. The lowest BCUT2D eigenvalue weighted by molar-refractivity contribution is 0.315. The molecule has 0 aromatic carbocycles. The lowest BCUT2D eigenvalue weighted by atomic mass is 10.4. The molecule has 0 spiro atoms. The van der Waals surface area contributed by atoms with Gasteiger partial charge in [-0.1, -0.05) is 5.92 Å². The van der Waals surface area contributed by atoms with Crippen LogP contribution in [0.15, 0.2) is 18.3 Å². The number of nitrogens with one attached hydrogen (secondary N) is 1. The highest BCUT2D eigenvalue weighted by molar-refractivity contribution is 5.18. The number of ether oxygens (including phenoxy) is 1. The van der Waals surface area contributed by atoms with Crippen LogP contribution in [0.1, 0.15) is 5.69 Å². The van der Waals surface area contributed by atoms with Crippen molar-refractivity contribution >= 4 is 0 Å². The molecule has 0 amide bonds. The minimum Gasteiger partial charge on any atom is -0.491 e. The van der Waals surface area contributed by atoms with Gasteiger partial charge in [0.1, 0.15) is 12.4 Å². The molecule has 0 bridgehead atoms. The SMILES string of the molecule is C#CCNCCOc1ccc(C)nc1. The van der Waals surface area contributed by atoms with E-state index in [2.05, 4.69) is 16.2 Å². The lowest BCUT2D eigenvalue weighted by Gasteiger charge is -2.05. The molecule has 0 radical (unpaired) electrons. The molecule has 0 aliphatic heterocycles. The van der Waals surface area contributed by atoms with Crippen LogP contribution in [0.3, 0.4) is 0 Å². The van der Waals surface area contributed by atoms with Gasteiger partial charge in [0.2, 0.25) is 0 Å². The second-order valence-electron chi connectivity index (χ2n) is 2.86. The summed E-state index contributed by atoms with van der Waals surface area (Å²) in [7, 11) is 0. The molecule has 0 saturated heterocycles. The molecule has 1 aromatic rings. The largest absolute Gasteiger partial charge is 0.491 e. The molecular formula is C11H14N2O. The van der Waals surface area contributed by atoms with Gasteiger partial charge in [0.15, 0.2) is 0 Å². The van der Waals surface area contributed by atoms with E-state index in [0.29, 0.717) is 13.2 Å². The van der Waals surface area contributed by atoms with Crippen LogP contribution in [0.5, 0.6) is 5.75 Å². The van der Waals surface area contributed by atoms with Gasteiger partial charge in [-0.25, -0.2) is 0 Å². The van der Waals surface area contributed by atoms with Crippen LogP contribution >= 0.6 is 0 Å². The predicted octanol–water partition coefficient (Wildman–Crippen LogP) is 0.992. The van der Waals surface area contributed by atoms with Crippen LogP contribution in [0, 0.1) is 19.3 Å². The molecule has 0 unspecified atom stereocenters. The van der Waals surface area contributed by atoms with E-state index in [0.717, 1.165) is 18.0 Å². The molecule has 0 aliphatic carbocycles. The van der Waals surface area contributed by atoms with Gasteiger partial charge >= 0.3 is 0 Å². The van der Waals surface area contributed by atoms with Gasteiger partial charge in [-0.3, -0.25) is 4.98 Å². The van der Waals surface area contributed by atoms with Crippen LogP contribution in [0.2, 0.25) is 0 Å². The topological polar surface area (TPSA) is 34.1 Å². The van der Waals surface area contributed by atoms with E-state index in [-0.39, 0.29) is 0 Å². The fourth-order valence-electron chi connectivity index (χ4n) is 0.941. The molecule has 74 valence electrons. The summed E-state index contributed by atoms with van der Waals surface area (Å²) in [6.45, 7) is 3.87. The molecule has 1 rings (SSSR count). The van der Waals surface area contributed by atoms with E-state index in [1.165, 1.54) is 0 Å². The van der Waals surface area contributed by atoms with E-state index in [4.69, 9.17) is 11.2 Å². The molecule has 0 aliphatic rings. The summed E-state index contributed by atoms with van der Waals surface area (Å²) in [5.74, 6) is 3.28. The standard InChI is InChI=1S/C11H14N2O/c1-3-6-12-7-8-14-11-5-4-10(2)13-9-11/h1,4-5,9,12H,6-8H2,2H3. The maximum absolute atomic E-state index is 5.41. The molecule has 0 fully saturated rings. The third-order valence-corrected chi connectivity index (χ3v) is 1.66. The Morgan fingerprint density at radius 3 is 3.07 bits per heavy atom. The second kappa shape index (κ2) is 6.01. The monoisotopic (exact) mass is 190 g/mol. The zero-order valence-electron chi connectivity index (χ0n) is 8.29. The zero-order valence-corrected chi connectivity index (χ0v) is 8.29. The first-order valence-corrected chi connectivity index (χ1v) is 4.52. The number of aryl methyl sites for hydroxylation is 1. The highest BCUT2D eigenvalue weighted by Crippen LogP contribution is 2.07. The molecule has 14 heavy (non-hydrogen) atoms. The van der Waals surface area contributed by atoms with E-state index in [9.17, 15) is 0 Å². The maximum Gasteiger partial charge on any atom is 0.137 e. The van der Waals surface area contributed by atoms with Crippen molar-refractivity contribution in [2.45, 2.75) is 6.92 Å². The van der Waals surface area contributed by atoms with Crippen molar-refractivity contribution in [1.82, 2.24) is 10.3 Å². The summed E-state index contributed by atoms with van der Waals surface area (Å²) in [6, 6.07) is 3.83. The van der Waals surface area contributed by atoms with Crippen molar-refractivity contribution in [2.24, 2.45) is 0 Å². The van der Waals surface area contributed by atoms with E-state index in [1.807, 2.05) is 19.1 Å². The molecular weight excluding hydrogens is 176 g/mol. The Kier molecular flexibility index (Phi) is 4.53. The van der Waals surface area contributed by atoms with Crippen molar-refractivity contribution in [2.75, 3.05) is 19.7 Å². The van der Waals surface area contributed by atoms with Crippen LogP contribution in [-0.4, -0.2) is 24.7 Å². The number of nitrogens with zero attached hydrogens (tertiary/aromatic N) is 1. The molecule has 3 nitrogen and oxygen atoms in total. The van der Waals surface area contributed by atoms with Crippen molar-refractivity contribution in [3.63, 3.8) is 0 Å². The number of terminal acetylenes is 1. The fraction of sp³-hybridized carbons (Fsp3) is 0.364. The van der Waals surface area contributed by atoms with Gasteiger partial charge in [-0.2, -0.15) is 0 Å². The Bertz CT molecular complexity index is 300. The molecule has 0 saturated carbocycles. The van der Waals surface area contributed by atoms with Gasteiger partial charge in [0.05, 0.1) is 12.7 Å². The van der Waals surface area contributed by atoms with E-state index in [1.54, 1.807) is 6.20 Å². The number of hydrogen-bond donors (Lipinski definition) is 1. The normalized spacial score (nSPS) is 9.43. The first-order valence-electron chi connectivity index (χ1n) is 4.52. The highest BCUT2D eigenvalue weighted by Gasteiger charge is 1.92. The summed E-state index contributed by atoms with van der Waals surface area (Å²) in [6.07, 6.45) is 6.79. The van der Waals surface area contributed by atoms with Crippen molar-refractivity contribution in [3.05, 3.63) is 24.0 Å². The van der Waals surface area contributed by atoms with Crippen molar-refractivity contribution < 1.29 is 4.74 Å². The van der Waals surface area contributed by atoms with Crippen LogP contribution in [-0.2, 0) is 0 Å². The summed E-state index contributed by atoms with van der Waals surface area (Å²) in [4.78, 5) is 4.12. The Morgan fingerprint density at radius 1 is 1.57 bits per heavy atom. The average Bonchev–Trinajstić information content (AvgIpc) is 2.21. The number of pyridine rings is 1. The molecule has 1 aromatic heterocycles. The number of hydrogen-bond acceptors (Lipinski definition) is 3. The minimum atomic E-state index is 0.579. The Balaban J connectivity index is 2.19. The Morgan fingerprint density at radius 2 is 2.43 bits per heavy atom. The van der Waals surface area contributed by atoms with Crippen LogP contribution in [0.4, 0.5) is 0 Å². The summed E-state index contributed by atoms with van der Waals surface area (Å²) < 4.78 is 5.41. The smallest absolute Gasteiger partial charge is 0.137 e. The Labute approximate surface area is 84.5 Å². The van der Waals surface area contributed by atoms with E-state index >= 15 is 0 Å². The van der Waals surface area contributed by atoms with E-state index < -0.39 is 0 Å². The van der Waals surface area contributed by atoms with Crippen LogP contribution < -0.4 is 10.1 Å². The molecule has 1 heterocycles. The van der Waals surface area contributed by atoms with Gasteiger partial charge in [0.25, 0.3) is 0 Å². The van der Waals surface area contributed by atoms with Crippen molar-refractivity contribution in [3.8, 4) is 18.1 Å². The van der Waals surface area contributed by atoms with Crippen LogP contribution in [0.25, 0.3) is 0 Å². The predicted molar refractivity (Wildman–Crippen MR) is 56.2 cm³/mol. The molecule has 1 N–H and O–H groups in total. The van der Waals surface area contributed by atoms with Crippen molar-refractivity contribution in [1.29, 1.82) is 0 Å². The average molecular weight is 190 g/mol. The first kappa shape index (κ1) is 10.6. The highest BCUT2D eigenvalue weighted by atomic mass is 16.5. The third-order valence-electron chi connectivity index (χ3n) is 1.66. The Hall–Kier alpha value is -1.53. The third kappa shape index (κ3) is 3.92. The van der Waals surface area contributed by atoms with Gasteiger partial charge in [0, 0.05) is 12.2 Å². The number of rotatable bonds is 5. The fourth-order valence-corrected chi connectivity index (χ4v) is 0.941. The molecule has 3 heteroatoms. The van der Waals surface area contributed by atoms with Gasteiger partial charge < -0.3 is 10.1 Å². The summed E-state index contributed by atoms with van der Waals surface area (Å²) in [5.41, 5.74) is 0.989. The minimum absolute atomic E-state index is 0.579. The van der Waals surface area contributed by atoms with Gasteiger partial charge in [-0.15, -0.1) is 6.42 Å². The summed E-state index contributed by atoms with van der Waals surface area (Å²) >= 11 is 0. The quantitative estimate of drug-likeness (QED) is 0.555. The summed E-state index contributed by atoms with van der Waals surface area (Å²) in [5, 5.41) is 3.04. The van der Waals surface area contributed by atoms with Gasteiger partial charge in [-0.05, 0) is 19.1 Å². The lowest BCUT2D eigenvalue weighted by Crippen LogP contribution is -2.21. The molecule has 0 atom stereocenters. The maximum atomic E-state index is 5.41. The number of aromatic nitrogens is 1.